The Morgan fingerprint density at radius 1 is 1.13 bits per heavy atom. The van der Waals surface area contributed by atoms with Crippen molar-refractivity contribution in [3.63, 3.8) is 0 Å². The van der Waals surface area contributed by atoms with E-state index in [1.54, 1.807) is 6.07 Å². The third-order valence-corrected chi connectivity index (χ3v) is 9.73. The van der Waals surface area contributed by atoms with Gasteiger partial charge in [0.15, 0.2) is 11.5 Å². The Balaban J connectivity index is 1.45. The van der Waals surface area contributed by atoms with E-state index in [1.807, 2.05) is 72.0 Å². The largest absolute Gasteiger partial charge is 0.504 e. The highest BCUT2D eigenvalue weighted by molar-refractivity contribution is 14.1. The first kappa shape index (κ1) is 33.3. The molecule has 3 aromatic carbocycles. The second-order valence-corrected chi connectivity index (χ2v) is 12.6. The zero-order chi connectivity index (χ0) is 33.1. The average molecular weight is 739 g/mol. The van der Waals surface area contributed by atoms with Crippen LogP contribution in [0, 0.1) is 31.4 Å². The van der Waals surface area contributed by atoms with Gasteiger partial charge in [-0.15, -0.1) is 0 Å². The molecule has 1 aliphatic carbocycles. The van der Waals surface area contributed by atoms with E-state index in [4.69, 9.17) is 4.74 Å². The Morgan fingerprint density at radius 3 is 2.52 bits per heavy atom. The van der Waals surface area contributed by atoms with Crippen LogP contribution >= 0.6 is 22.6 Å². The molecule has 0 spiro atoms. The number of aromatic hydroxyl groups is 1. The molecule has 0 aromatic heterocycles. The van der Waals surface area contributed by atoms with Gasteiger partial charge in [-0.3, -0.25) is 19.7 Å². The minimum Gasteiger partial charge on any atom is -0.504 e. The lowest BCUT2D eigenvalue weighted by molar-refractivity contribution is -0.384. The Kier molecular flexibility index (Phi) is 10.2. The number of fused-ring (bicyclic) bond motifs is 1. The molecular formula is C35H35IN2O8. The fourth-order valence-electron chi connectivity index (χ4n) is 6.73. The lowest BCUT2D eigenvalue weighted by Gasteiger charge is -2.36. The molecule has 0 bridgehead atoms. The number of hydrogen-bond donors (Lipinski definition) is 3. The number of non-ortho nitro benzene ring substituents is 1. The number of phenolic OH excluding ortho intramolecular Hbond substituents is 1. The van der Waals surface area contributed by atoms with Gasteiger partial charge in [-0.05, 0) is 88.7 Å². The number of rotatable bonds is 11. The van der Waals surface area contributed by atoms with Crippen molar-refractivity contribution in [3.05, 3.63) is 103 Å². The van der Waals surface area contributed by atoms with Gasteiger partial charge in [-0.25, -0.2) is 4.90 Å². The molecule has 0 radical (unpaired) electrons. The monoisotopic (exact) mass is 738 g/mol. The van der Waals surface area contributed by atoms with Crippen LogP contribution in [0.2, 0.25) is 0 Å². The summed E-state index contributed by atoms with van der Waals surface area (Å²) in [6.45, 7) is 1.48. The van der Waals surface area contributed by atoms with Crippen molar-refractivity contribution in [2.45, 2.75) is 38.7 Å². The third kappa shape index (κ3) is 6.44. The summed E-state index contributed by atoms with van der Waals surface area (Å²) in [7, 11) is 1.49. The van der Waals surface area contributed by atoms with Crippen LogP contribution in [-0.2, 0) is 9.59 Å². The van der Waals surface area contributed by atoms with Crippen LogP contribution in [0.25, 0.3) is 11.6 Å². The van der Waals surface area contributed by atoms with Crippen LogP contribution in [0.4, 0.5) is 11.4 Å². The zero-order valence-electron chi connectivity index (χ0n) is 25.4. The summed E-state index contributed by atoms with van der Waals surface area (Å²) in [5.74, 6) is -2.99. The quantitative estimate of drug-likeness (QED) is 0.0532. The van der Waals surface area contributed by atoms with Crippen molar-refractivity contribution in [1.82, 2.24) is 0 Å². The summed E-state index contributed by atoms with van der Waals surface area (Å²) in [5, 5.41) is 44.0. The van der Waals surface area contributed by atoms with Crippen LogP contribution in [0.5, 0.6) is 11.5 Å². The number of halogens is 1. The summed E-state index contributed by atoms with van der Waals surface area (Å²) >= 11 is 2.05. The van der Waals surface area contributed by atoms with Crippen molar-refractivity contribution < 1.29 is 34.6 Å². The van der Waals surface area contributed by atoms with E-state index in [9.17, 15) is 35.0 Å². The van der Waals surface area contributed by atoms with Gasteiger partial charge in [0, 0.05) is 18.1 Å². The molecule has 240 valence electrons. The van der Waals surface area contributed by atoms with Gasteiger partial charge < -0.3 is 20.1 Å². The van der Waals surface area contributed by atoms with E-state index >= 15 is 0 Å². The molecule has 1 aliphatic heterocycles. The highest BCUT2D eigenvalue weighted by Gasteiger charge is 2.55. The molecular weight excluding hydrogens is 703 g/mol. The molecule has 46 heavy (non-hydrogen) atoms. The van der Waals surface area contributed by atoms with Crippen LogP contribution in [-0.4, -0.2) is 51.9 Å². The Bertz CT molecular complexity index is 1720. The molecule has 1 fully saturated rings. The first-order chi connectivity index (χ1) is 22.1. The maximum absolute atomic E-state index is 13.8. The topological polar surface area (TPSA) is 150 Å². The first-order valence-corrected chi connectivity index (χ1v) is 16.1. The molecule has 4 atom stereocenters. The highest BCUT2D eigenvalue weighted by atomic mass is 127. The van der Waals surface area contributed by atoms with Crippen molar-refractivity contribution in [1.29, 1.82) is 0 Å². The second kappa shape index (κ2) is 14.1. The van der Waals surface area contributed by atoms with Gasteiger partial charge in [0.05, 0.1) is 45.8 Å². The number of imide groups is 1. The van der Waals surface area contributed by atoms with Crippen molar-refractivity contribution in [2.75, 3.05) is 18.6 Å². The van der Waals surface area contributed by atoms with Crippen LogP contribution in [0.1, 0.15) is 43.7 Å². The number of anilines is 1. The number of methoxy groups -OCH3 is 1. The predicted molar refractivity (Wildman–Crippen MR) is 182 cm³/mol. The van der Waals surface area contributed by atoms with E-state index in [-0.39, 0.29) is 30.0 Å². The lowest BCUT2D eigenvalue weighted by Crippen LogP contribution is -2.39. The van der Waals surface area contributed by atoms with Crippen LogP contribution in [0.3, 0.4) is 0 Å². The molecule has 3 N–H and O–H groups in total. The highest BCUT2D eigenvalue weighted by Crippen LogP contribution is 2.48. The van der Waals surface area contributed by atoms with Crippen molar-refractivity contribution in [3.8, 4) is 11.5 Å². The molecule has 0 saturated carbocycles. The maximum atomic E-state index is 13.8. The standard InChI is InChI=1S/C35H35IN2O8/c1-3-21-17-26-32(35(43)37(34(26)42)24-10-7-11-25(18-24)38(44)45)27(19-39)31(21)29(40)13-12-23(22-8-5-4-6-9-22)14-20-15-28(36)33(41)30(16-20)46-2/h4-11,14-16,18,26-27,29,32,39-41H,3,12-13,17,19H2,1-2H3/b23-14-/t26-,27+,29-,32-/m1/s1. The number of aliphatic hydroxyl groups excluding tert-OH is 2. The number of carbonyl (C=O) groups is 2. The van der Waals surface area contributed by atoms with E-state index in [2.05, 4.69) is 0 Å². The van der Waals surface area contributed by atoms with Crippen LogP contribution in [0.15, 0.2) is 77.9 Å². The maximum Gasteiger partial charge on any atom is 0.271 e. The molecule has 5 rings (SSSR count). The summed E-state index contributed by atoms with van der Waals surface area (Å²) in [6, 6.07) is 18.7. The van der Waals surface area contributed by atoms with Crippen molar-refractivity contribution in [2.24, 2.45) is 17.8 Å². The fourth-order valence-corrected chi connectivity index (χ4v) is 7.36. The summed E-state index contributed by atoms with van der Waals surface area (Å²) in [4.78, 5) is 39.2. The smallest absolute Gasteiger partial charge is 0.271 e. The number of carbonyl (C=O) groups excluding carboxylic acids is 2. The molecule has 1 saturated heterocycles. The van der Waals surface area contributed by atoms with E-state index in [0.717, 1.165) is 27.2 Å². The number of ether oxygens (including phenoxy) is 1. The first-order valence-electron chi connectivity index (χ1n) is 15.0. The number of benzene rings is 3. The fraction of sp³-hybridized carbons (Fsp3) is 0.314. The normalized spacial score (nSPS) is 20.6. The predicted octanol–water partition coefficient (Wildman–Crippen LogP) is 6.12. The number of nitro groups is 1. The lowest BCUT2D eigenvalue weighted by atomic mass is 9.67. The number of amides is 2. The number of nitro benzene ring substituents is 1. The van der Waals surface area contributed by atoms with Gasteiger partial charge in [0.2, 0.25) is 11.8 Å². The van der Waals surface area contributed by atoms with Crippen LogP contribution < -0.4 is 9.64 Å². The summed E-state index contributed by atoms with van der Waals surface area (Å²) in [6.07, 6.45) is 2.51. The number of aliphatic hydroxyl groups is 2. The average Bonchev–Trinajstić information content (AvgIpc) is 3.32. The van der Waals surface area contributed by atoms with Gasteiger partial charge in [0.25, 0.3) is 5.69 Å². The molecule has 10 nitrogen and oxygen atoms in total. The second-order valence-electron chi connectivity index (χ2n) is 11.5. The van der Waals surface area contributed by atoms with E-state index in [0.29, 0.717) is 27.7 Å². The van der Waals surface area contributed by atoms with E-state index in [1.165, 1.54) is 31.4 Å². The van der Waals surface area contributed by atoms with Gasteiger partial charge in [0.1, 0.15) is 0 Å². The number of hydrogen-bond acceptors (Lipinski definition) is 8. The number of nitrogens with zero attached hydrogens (tertiary/aromatic N) is 2. The molecule has 2 aliphatic rings. The Labute approximate surface area is 280 Å². The molecule has 11 heteroatoms. The minimum absolute atomic E-state index is 0.0607. The summed E-state index contributed by atoms with van der Waals surface area (Å²) in [5.41, 5.74) is 3.99. The molecule has 0 unspecified atom stereocenters. The number of phenols is 1. The van der Waals surface area contributed by atoms with Crippen molar-refractivity contribution >= 4 is 57.4 Å². The molecule has 1 heterocycles. The zero-order valence-corrected chi connectivity index (χ0v) is 27.6. The Morgan fingerprint density at radius 2 is 1.87 bits per heavy atom. The van der Waals surface area contributed by atoms with Gasteiger partial charge in [-0.1, -0.05) is 55.0 Å². The molecule has 2 amide bonds. The third-order valence-electron chi connectivity index (χ3n) is 8.91. The van der Waals surface area contributed by atoms with E-state index < -0.39 is 47.2 Å². The van der Waals surface area contributed by atoms with Gasteiger partial charge in [-0.2, -0.15) is 0 Å². The van der Waals surface area contributed by atoms with Gasteiger partial charge >= 0.3 is 0 Å². The minimum atomic E-state index is -0.996. The Hall–Kier alpha value is -4.07. The SMILES string of the molecule is CCC1=C([C@H](O)CC/C(=C/c2cc(I)c(O)c(OC)c2)c2ccccc2)[C@H](CO)[C@@H]2C(=O)N(c3cccc([N+](=O)[O-])c3)C(=O)[C@@H]2C1. The number of allylic oxidation sites excluding steroid dienone is 2. The summed E-state index contributed by atoms with van der Waals surface area (Å²) < 4.78 is 5.97. The molecule has 3 aromatic rings.